The lowest BCUT2D eigenvalue weighted by molar-refractivity contribution is -0.117. The van der Waals surface area contributed by atoms with Gasteiger partial charge in [0.2, 0.25) is 5.91 Å². The number of nitrogens with two attached hydrogens (primary N) is 1. The second-order valence-corrected chi connectivity index (χ2v) is 5.84. The summed E-state index contributed by atoms with van der Waals surface area (Å²) in [6, 6.07) is 9.89. The van der Waals surface area contributed by atoms with E-state index in [1.54, 1.807) is 12.1 Å². The number of ether oxygens (including phenoxy) is 1. The summed E-state index contributed by atoms with van der Waals surface area (Å²) in [5.74, 6) is -2.52. The Labute approximate surface area is 133 Å². The number of halogens is 2. The number of amides is 1. The molecule has 0 fully saturated rings. The normalized spacial score (nSPS) is 13.5. The molecule has 0 saturated heterocycles. The zero-order chi connectivity index (χ0) is 16.6. The van der Waals surface area contributed by atoms with Crippen LogP contribution in [0.5, 0.6) is 5.75 Å². The Bertz CT molecular complexity index is 749. The van der Waals surface area contributed by atoms with Gasteiger partial charge in [0.1, 0.15) is 5.75 Å². The van der Waals surface area contributed by atoms with Crippen LogP contribution in [0.15, 0.2) is 36.4 Å². The first-order valence-electron chi connectivity index (χ1n) is 7.40. The first-order valence-corrected chi connectivity index (χ1v) is 7.40. The molecule has 0 bridgehead atoms. The van der Waals surface area contributed by atoms with E-state index in [9.17, 15) is 13.6 Å². The van der Waals surface area contributed by atoms with Crippen LogP contribution in [0.25, 0.3) is 11.1 Å². The molecule has 3 rings (SSSR count). The SMILES string of the molecule is CC(F)(F)c1ccc(-c2cc(CC(N)=O)cc3c2OCC3)cc1. The minimum atomic E-state index is -2.87. The molecule has 23 heavy (non-hydrogen) atoms. The molecule has 1 aliphatic rings. The first kappa shape index (κ1) is 15.5. The lowest BCUT2D eigenvalue weighted by Crippen LogP contribution is -2.13. The van der Waals surface area contributed by atoms with Gasteiger partial charge in [0.15, 0.2) is 0 Å². The van der Waals surface area contributed by atoms with Gasteiger partial charge in [-0.05, 0) is 22.8 Å². The van der Waals surface area contributed by atoms with Gasteiger partial charge in [-0.3, -0.25) is 4.79 Å². The molecule has 3 nitrogen and oxygen atoms in total. The topological polar surface area (TPSA) is 52.3 Å². The van der Waals surface area contributed by atoms with E-state index in [-0.39, 0.29) is 12.0 Å². The summed E-state index contributed by atoms with van der Waals surface area (Å²) < 4.78 is 32.4. The number of rotatable bonds is 4. The highest BCUT2D eigenvalue weighted by Gasteiger charge is 2.24. The van der Waals surface area contributed by atoms with Crippen molar-refractivity contribution >= 4 is 5.91 Å². The highest BCUT2D eigenvalue weighted by atomic mass is 19.3. The molecule has 2 aromatic carbocycles. The van der Waals surface area contributed by atoms with E-state index in [0.29, 0.717) is 6.61 Å². The van der Waals surface area contributed by atoms with Crippen LogP contribution in [-0.2, 0) is 23.6 Å². The van der Waals surface area contributed by atoms with Crippen molar-refractivity contribution in [1.29, 1.82) is 0 Å². The summed E-state index contributed by atoms with van der Waals surface area (Å²) in [6.45, 7) is 1.45. The molecule has 0 spiro atoms. The van der Waals surface area contributed by atoms with E-state index in [4.69, 9.17) is 10.5 Å². The minimum Gasteiger partial charge on any atom is -0.492 e. The van der Waals surface area contributed by atoms with Crippen LogP contribution in [-0.4, -0.2) is 12.5 Å². The average molecular weight is 317 g/mol. The maximum absolute atomic E-state index is 13.3. The molecule has 120 valence electrons. The van der Waals surface area contributed by atoms with Crippen LogP contribution in [0, 0.1) is 0 Å². The van der Waals surface area contributed by atoms with Crippen LogP contribution >= 0.6 is 0 Å². The maximum Gasteiger partial charge on any atom is 0.270 e. The molecular weight excluding hydrogens is 300 g/mol. The molecule has 5 heteroatoms. The third-order valence-electron chi connectivity index (χ3n) is 3.92. The molecule has 0 aromatic heterocycles. The Hall–Kier alpha value is -2.43. The van der Waals surface area contributed by atoms with Crippen molar-refractivity contribution in [3.05, 3.63) is 53.1 Å². The van der Waals surface area contributed by atoms with Gasteiger partial charge < -0.3 is 10.5 Å². The lowest BCUT2D eigenvalue weighted by Gasteiger charge is -2.14. The molecule has 0 atom stereocenters. The van der Waals surface area contributed by atoms with Crippen LogP contribution in [0.2, 0.25) is 0 Å². The van der Waals surface area contributed by atoms with Gasteiger partial charge in [-0.1, -0.05) is 30.3 Å². The number of hydrogen-bond donors (Lipinski definition) is 1. The Balaban J connectivity index is 2.05. The predicted molar refractivity (Wildman–Crippen MR) is 83.5 cm³/mol. The van der Waals surface area contributed by atoms with Crippen molar-refractivity contribution in [2.24, 2.45) is 5.73 Å². The summed E-state index contributed by atoms with van der Waals surface area (Å²) in [5.41, 5.74) is 8.65. The van der Waals surface area contributed by atoms with E-state index in [1.165, 1.54) is 12.1 Å². The Kier molecular flexibility index (Phi) is 3.80. The highest BCUT2D eigenvalue weighted by Crippen LogP contribution is 2.39. The third kappa shape index (κ3) is 3.18. The van der Waals surface area contributed by atoms with E-state index >= 15 is 0 Å². The van der Waals surface area contributed by atoms with E-state index in [0.717, 1.165) is 41.3 Å². The number of primary amides is 1. The Morgan fingerprint density at radius 1 is 1.26 bits per heavy atom. The summed E-state index contributed by atoms with van der Waals surface area (Å²) in [5, 5.41) is 0. The monoisotopic (exact) mass is 317 g/mol. The van der Waals surface area contributed by atoms with Gasteiger partial charge in [-0.25, -0.2) is 8.78 Å². The molecule has 1 heterocycles. The van der Waals surface area contributed by atoms with E-state index < -0.39 is 11.8 Å². The fraction of sp³-hybridized carbons (Fsp3) is 0.278. The van der Waals surface area contributed by atoms with Gasteiger partial charge in [-0.15, -0.1) is 0 Å². The number of fused-ring (bicyclic) bond motifs is 1. The smallest absolute Gasteiger partial charge is 0.270 e. The standard InChI is InChI=1S/C18H17F2NO2/c1-18(19,20)14-4-2-12(3-5-14)15-9-11(10-16(21)22)8-13-6-7-23-17(13)15/h2-5,8-9H,6-7,10H2,1H3,(H2,21,22). The lowest BCUT2D eigenvalue weighted by atomic mass is 9.95. The second-order valence-electron chi connectivity index (χ2n) is 5.84. The predicted octanol–water partition coefficient (Wildman–Crippen LogP) is 3.43. The van der Waals surface area contributed by atoms with E-state index in [1.807, 2.05) is 12.1 Å². The van der Waals surface area contributed by atoms with Crippen LogP contribution < -0.4 is 10.5 Å². The minimum absolute atomic E-state index is 0.0351. The quantitative estimate of drug-likeness (QED) is 0.939. The summed E-state index contributed by atoms with van der Waals surface area (Å²) in [7, 11) is 0. The average Bonchev–Trinajstić information content (AvgIpc) is 2.93. The van der Waals surface area contributed by atoms with Crippen molar-refractivity contribution in [2.75, 3.05) is 6.61 Å². The van der Waals surface area contributed by atoms with Gasteiger partial charge in [0, 0.05) is 24.5 Å². The highest BCUT2D eigenvalue weighted by molar-refractivity contribution is 5.79. The molecular formula is C18H17F2NO2. The number of alkyl halides is 2. The molecule has 1 aliphatic heterocycles. The van der Waals surface area contributed by atoms with Crippen LogP contribution in [0.1, 0.15) is 23.6 Å². The second kappa shape index (κ2) is 5.65. The summed E-state index contributed by atoms with van der Waals surface area (Å²) >= 11 is 0. The molecule has 0 unspecified atom stereocenters. The fourth-order valence-corrected chi connectivity index (χ4v) is 2.83. The summed E-state index contributed by atoms with van der Waals surface area (Å²) in [6.07, 6.45) is 0.908. The van der Waals surface area contributed by atoms with Crippen LogP contribution in [0.4, 0.5) is 8.78 Å². The van der Waals surface area contributed by atoms with Crippen molar-refractivity contribution in [3.63, 3.8) is 0 Å². The first-order chi connectivity index (χ1) is 10.8. The molecule has 1 amide bonds. The largest absolute Gasteiger partial charge is 0.492 e. The van der Waals surface area contributed by atoms with Gasteiger partial charge >= 0.3 is 0 Å². The number of hydrogen-bond acceptors (Lipinski definition) is 2. The molecule has 0 saturated carbocycles. The van der Waals surface area contributed by atoms with Crippen molar-refractivity contribution < 1.29 is 18.3 Å². The number of benzene rings is 2. The maximum atomic E-state index is 13.3. The van der Waals surface area contributed by atoms with Crippen LogP contribution in [0.3, 0.4) is 0 Å². The van der Waals surface area contributed by atoms with E-state index in [2.05, 4.69) is 0 Å². The van der Waals surface area contributed by atoms with Crippen molar-refractivity contribution in [1.82, 2.24) is 0 Å². The van der Waals surface area contributed by atoms with Crippen molar-refractivity contribution in [3.8, 4) is 16.9 Å². The fourth-order valence-electron chi connectivity index (χ4n) is 2.83. The van der Waals surface area contributed by atoms with Gasteiger partial charge in [0.05, 0.1) is 13.0 Å². The Morgan fingerprint density at radius 2 is 1.96 bits per heavy atom. The summed E-state index contributed by atoms with van der Waals surface area (Å²) in [4.78, 5) is 11.2. The number of carbonyl (C=O) groups excluding carboxylic acids is 1. The Morgan fingerprint density at radius 3 is 2.57 bits per heavy atom. The molecule has 2 N–H and O–H groups in total. The number of carbonyl (C=O) groups is 1. The van der Waals surface area contributed by atoms with Gasteiger partial charge in [0.25, 0.3) is 5.92 Å². The zero-order valence-corrected chi connectivity index (χ0v) is 12.7. The van der Waals surface area contributed by atoms with Gasteiger partial charge in [-0.2, -0.15) is 0 Å². The molecule has 0 radical (unpaired) electrons. The zero-order valence-electron chi connectivity index (χ0n) is 12.7. The van der Waals surface area contributed by atoms with Crippen molar-refractivity contribution in [2.45, 2.75) is 25.7 Å². The third-order valence-corrected chi connectivity index (χ3v) is 3.92. The molecule has 0 aliphatic carbocycles. The molecule has 2 aromatic rings.